The molecule has 138 valence electrons. The Bertz CT molecular complexity index is 1270. The second-order valence-corrected chi connectivity index (χ2v) is 9.62. The Hall–Kier alpha value is -2.33. The Morgan fingerprint density at radius 2 is 1.52 bits per heavy atom. The number of thiazole rings is 2. The predicted molar refractivity (Wildman–Crippen MR) is 110 cm³/mol. The molecule has 0 saturated carbocycles. The van der Waals surface area contributed by atoms with Gasteiger partial charge in [0.05, 0.1) is 26.2 Å². The molecule has 0 aliphatic rings. The summed E-state index contributed by atoms with van der Waals surface area (Å²) in [5.74, 6) is -0.0744. The highest BCUT2D eigenvalue weighted by Gasteiger charge is 2.08. The molecule has 0 aliphatic carbocycles. The average Bonchev–Trinajstić information content (AvgIpc) is 3.19. The molecule has 0 aliphatic heterocycles. The van der Waals surface area contributed by atoms with E-state index in [1.165, 1.54) is 22.7 Å². The summed E-state index contributed by atoms with van der Waals surface area (Å²) in [6.07, 6.45) is 4.04. The molecule has 2 heterocycles. The number of hydrogen-bond donors (Lipinski definition) is 2. The summed E-state index contributed by atoms with van der Waals surface area (Å²) in [5.41, 5.74) is 2.51. The van der Waals surface area contributed by atoms with Gasteiger partial charge in [0.1, 0.15) is 15.8 Å². The lowest BCUT2D eigenvalue weighted by Gasteiger charge is -1.98. The van der Waals surface area contributed by atoms with Crippen LogP contribution in [0.25, 0.3) is 32.6 Å². The maximum absolute atomic E-state index is 10.9. The van der Waals surface area contributed by atoms with Crippen LogP contribution in [0.5, 0.6) is 5.75 Å². The maximum atomic E-state index is 10.9. The third-order valence-electron chi connectivity index (χ3n) is 3.88. The Balaban J connectivity index is 1.56. The average molecular weight is 419 g/mol. The summed E-state index contributed by atoms with van der Waals surface area (Å²) in [5, 5.41) is 11.2. The fraction of sp³-hybridized carbons (Fsp3) is 0.111. The van der Waals surface area contributed by atoms with Crippen molar-refractivity contribution in [3.8, 4) is 5.75 Å². The molecular formula is C18H14N2O4S3. The molecule has 4 aromatic rings. The first kappa shape index (κ1) is 18.1. The number of phenols is 1. The number of hydrogen-bond acceptors (Lipinski definition) is 7. The van der Waals surface area contributed by atoms with E-state index in [0.717, 1.165) is 36.0 Å². The van der Waals surface area contributed by atoms with E-state index in [4.69, 9.17) is 4.55 Å². The standard InChI is InChI=1S/C18H14N2O4S3/c21-12-2-4-14-16(10-12)26-18(20-14)6-5-17-19-13-3-1-11(9-15(13)25-17)7-8-27(22,23)24/h1-6,9-10,21H,7-8H2,(H,22,23,24)/b6-5+. The molecule has 0 spiro atoms. The molecule has 2 aromatic heterocycles. The summed E-state index contributed by atoms with van der Waals surface area (Å²) < 4.78 is 32.5. The molecule has 0 bridgehead atoms. The summed E-state index contributed by atoms with van der Waals surface area (Å²) in [4.78, 5) is 9.05. The van der Waals surface area contributed by atoms with Crippen LogP contribution >= 0.6 is 22.7 Å². The van der Waals surface area contributed by atoms with Crippen molar-refractivity contribution in [1.29, 1.82) is 0 Å². The van der Waals surface area contributed by atoms with Gasteiger partial charge in [0, 0.05) is 0 Å². The Morgan fingerprint density at radius 3 is 2.15 bits per heavy atom. The number of aromatic hydroxyl groups is 1. The van der Waals surface area contributed by atoms with Gasteiger partial charge in [0.15, 0.2) is 0 Å². The largest absolute Gasteiger partial charge is 0.508 e. The summed E-state index contributed by atoms with van der Waals surface area (Å²) in [6.45, 7) is 0. The lowest BCUT2D eigenvalue weighted by atomic mass is 10.2. The van der Waals surface area contributed by atoms with Crippen LogP contribution in [0, 0.1) is 0 Å². The van der Waals surface area contributed by atoms with Crippen molar-refractivity contribution in [2.45, 2.75) is 6.42 Å². The first-order chi connectivity index (χ1) is 12.9. The van der Waals surface area contributed by atoms with Gasteiger partial charge in [-0.3, -0.25) is 4.55 Å². The van der Waals surface area contributed by atoms with E-state index < -0.39 is 10.1 Å². The lowest BCUT2D eigenvalue weighted by Crippen LogP contribution is -2.06. The maximum Gasteiger partial charge on any atom is 0.265 e. The SMILES string of the molecule is O=S(=O)(O)CCc1ccc2nc(/C=C/c3nc4ccc(O)cc4s3)sc2c1. The van der Waals surface area contributed by atoms with E-state index in [1.807, 2.05) is 30.4 Å². The van der Waals surface area contributed by atoms with Gasteiger partial charge in [0.2, 0.25) is 0 Å². The van der Waals surface area contributed by atoms with E-state index >= 15 is 0 Å². The van der Waals surface area contributed by atoms with Crippen molar-refractivity contribution < 1.29 is 18.1 Å². The lowest BCUT2D eigenvalue weighted by molar-refractivity contribution is 0.476. The predicted octanol–water partition coefficient (Wildman–Crippen LogP) is 4.21. The Labute approximate surface area is 163 Å². The van der Waals surface area contributed by atoms with Gasteiger partial charge in [-0.15, -0.1) is 22.7 Å². The second kappa shape index (κ2) is 7.01. The van der Waals surface area contributed by atoms with Gasteiger partial charge in [0.25, 0.3) is 10.1 Å². The first-order valence-electron chi connectivity index (χ1n) is 7.98. The quantitative estimate of drug-likeness (QED) is 0.471. The molecule has 0 saturated heterocycles. The van der Waals surface area contributed by atoms with Crippen LogP contribution in [0.4, 0.5) is 0 Å². The number of rotatable bonds is 5. The van der Waals surface area contributed by atoms with Crippen molar-refractivity contribution in [3.05, 3.63) is 52.0 Å². The molecule has 0 unspecified atom stereocenters. The smallest absolute Gasteiger partial charge is 0.265 e. The fourth-order valence-electron chi connectivity index (χ4n) is 2.61. The molecule has 6 nitrogen and oxygen atoms in total. The van der Waals surface area contributed by atoms with Crippen molar-refractivity contribution in [1.82, 2.24) is 9.97 Å². The van der Waals surface area contributed by atoms with Gasteiger partial charge in [-0.2, -0.15) is 8.42 Å². The van der Waals surface area contributed by atoms with Crippen molar-refractivity contribution in [3.63, 3.8) is 0 Å². The van der Waals surface area contributed by atoms with Crippen LogP contribution in [0.2, 0.25) is 0 Å². The number of aromatic nitrogens is 2. The molecule has 27 heavy (non-hydrogen) atoms. The van der Waals surface area contributed by atoms with Gasteiger partial charge in [-0.25, -0.2) is 9.97 Å². The zero-order valence-corrected chi connectivity index (χ0v) is 16.3. The van der Waals surface area contributed by atoms with Crippen LogP contribution in [-0.4, -0.2) is 33.8 Å². The summed E-state index contributed by atoms with van der Waals surface area (Å²) in [7, 11) is -3.97. The number of benzene rings is 2. The number of aryl methyl sites for hydroxylation is 1. The van der Waals surface area contributed by atoms with Crippen LogP contribution in [0.15, 0.2) is 36.4 Å². The normalized spacial score (nSPS) is 12.5. The van der Waals surface area contributed by atoms with E-state index in [0.29, 0.717) is 0 Å². The van der Waals surface area contributed by atoms with Gasteiger partial charge in [-0.05, 0) is 54.5 Å². The van der Waals surface area contributed by atoms with Crippen LogP contribution in [-0.2, 0) is 16.5 Å². The third-order valence-corrected chi connectivity index (χ3v) is 6.56. The fourth-order valence-corrected chi connectivity index (χ4v) is 4.94. The summed E-state index contributed by atoms with van der Waals surface area (Å²) >= 11 is 2.99. The monoisotopic (exact) mass is 418 g/mol. The topological polar surface area (TPSA) is 100 Å². The molecule has 2 aromatic carbocycles. The minimum Gasteiger partial charge on any atom is -0.508 e. The molecule has 4 rings (SSSR count). The molecule has 9 heteroatoms. The molecule has 0 radical (unpaired) electrons. The number of nitrogens with zero attached hydrogens (tertiary/aromatic N) is 2. The van der Waals surface area contributed by atoms with Crippen molar-refractivity contribution in [2.75, 3.05) is 5.75 Å². The van der Waals surface area contributed by atoms with Gasteiger partial charge >= 0.3 is 0 Å². The molecule has 0 amide bonds. The molecule has 2 N–H and O–H groups in total. The molecule has 0 fully saturated rings. The summed E-state index contributed by atoms with van der Waals surface area (Å²) in [6, 6.07) is 10.7. The van der Waals surface area contributed by atoms with Crippen LogP contribution in [0.1, 0.15) is 15.6 Å². The molecular weight excluding hydrogens is 404 g/mol. The third kappa shape index (κ3) is 4.33. The Morgan fingerprint density at radius 1 is 0.926 bits per heavy atom. The minimum atomic E-state index is -3.97. The van der Waals surface area contributed by atoms with Crippen molar-refractivity contribution >= 4 is 65.4 Å². The minimum absolute atomic E-state index is 0.220. The zero-order chi connectivity index (χ0) is 19.0. The number of fused-ring (bicyclic) bond motifs is 2. The van der Waals surface area contributed by atoms with E-state index in [9.17, 15) is 13.5 Å². The van der Waals surface area contributed by atoms with Crippen molar-refractivity contribution in [2.24, 2.45) is 0 Å². The van der Waals surface area contributed by atoms with Gasteiger partial charge < -0.3 is 5.11 Å². The van der Waals surface area contributed by atoms with E-state index in [-0.39, 0.29) is 17.9 Å². The van der Waals surface area contributed by atoms with E-state index in [2.05, 4.69) is 9.97 Å². The van der Waals surface area contributed by atoms with E-state index in [1.54, 1.807) is 18.2 Å². The molecule has 0 atom stereocenters. The number of phenolic OH excluding ortho intramolecular Hbond substituents is 1. The Kier molecular flexibility index (Phi) is 4.68. The highest BCUT2D eigenvalue weighted by Crippen LogP contribution is 2.28. The van der Waals surface area contributed by atoms with Gasteiger partial charge in [-0.1, -0.05) is 6.07 Å². The highest BCUT2D eigenvalue weighted by molar-refractivity contribution is 7.85. The second-order valence-electron chi connectivity index (χ2n) is 5.93. The van der Waals surface area contributed by atoms with Crippen LogP contribution in [0.3, 0.4) is 0 Å². The van der Waals surface area contributed by atoms with Crippen LogP contribution < -0.4 is 0 Å². The highest BCUT2D eigenvalue weighted by atomic mass is 32.2. The zero-order valence-electron chi connectivity index (χ0n) is 13.9. The first-order valence-corrected chi connectivity index (χ1v) is 11.2.